The zero-order chi connectivity index (χ0) is 21.6. The number of hydrogen-bond acceptors (Lipinski definition) is 6. The van der Waals surface area contributed by atoms with Crippen LogP contribution in [0.3, 0.4) is 0 Å². The molecule has 0 unspecified atom stereocenters. The fourth-order valence-corrected chi connectivity index (χ4v) is 4.73. The molecular weight excluding hydrogens is 420 g/mol. The van der Waals surface area contributed by atoms with Crippen LogP contribution in [-0.2, 0) is 9.53 Å². The van der Waals surface area contributed by atoms with Crippen LogP contribution in [0.4, 0.5) is 0 Å². The lowest BCUT2D eigenvalue weighted by Crippen LogP contribution is -2.25. The van der Waals surface area contributed by atoms with Crippen LogP contribution in [0.1, 0.15) is 60.6 Å². The average molecular weight is 443 g/mol. The van der Waals surface area contributed by atoms with E-state index in [1.807, 2.05) is 49.6 Å². The predicted octanol–water partition coefficient (Wildman–Crippen LogP) is 5.22. The second-order valence-electron chi connectivity index (χ2n) is 8.31. The van der Waals surface area contributed by atoms with Crippen LogP contribution >= 0.6 is 22.9 Å². The van der Waals surface area contributed by atoms with Crippen molar-refractivity contribution in [3.05, 3.63) is 63.0 Å². The first-order valence-electron chi connectivity index (χ1n) is 9.70. The molecule has 0 bridgehead atoms. The Kier molecular flexibility index (Phi) is 5.28. The van der Waals surface area contributed by atoms with Crippen molar-refractivity contribution >= 4 is 34.6 Å². The molecule has 3 aromatic rings. The number of nitrogens with zero attached hydrogens (tertiary/aromatic N) is 4. The molecular formula is C22H23ClN4O2S. The largest absolute Gasteiger partial charge is 0.460 e. The summed E-state index contributed by atoms with van der Waals surface area (Å²) in [6.07, 6.45) is 1.77. The number of aryl methyl sites for hydroxylation is 1. The Bertz CT molecular complexity index is 1140. The molecule has 30 heavy (non-hydrogen) atoms. The van der Waals surface area contributed by atoms with Crippen molar-refractivity contribution in [1.82, 2.24) is 14.8 Å². The quantitative estimate of drug-likeness (QED) is 0.521. The van der Waals surface area contributed by atoms with Crippen LogP contribution in [0.25, 0.3) is 5.00 Å². The summed E-state index contributed by atoms with van der Waals surface area (Å²) in [6.45, 7) is 9.75. The number of esters is 1. The van der Waals surface area contributed by atoms with Crippen molar-refractivity contribution in [3.8, 4) is 5.00 Å². The number of hydrogen-bond donors (Lipinski definition) is 0. The molecule has 0 aliphatic carbocycles. The maximum atomic E-state index is 12.6. The molecule has 1 atom stereocenters. The van der Waals surface area contributed by atoms with Crippen LogP contribution in [0.5, 0.6) is 0 Å². The standard InChI is InChI=1S/C22H23ClN4O2S/c1-12-13(2)30-21-18(12)19(14-6-8-15(23)9-7-14)25-16(20-26-24-11-27(20)21)10-17(28)29-22(3,4)5/h6-9,11,16H,10H2,1-5H3/t16-/m0/s1. The first-order valence-corrected chi connectivity index (χ1v) is 10.9. The Morgan fingerprint density at radius 2 is 1.93 bits per heavy atom. The molecule has 0 N–H and O–H groups in total. The second-order valence-corrected chi connectivity index (χ2v) is 9.95. The molecule has 8 heteroatoms. The molecule has 0 saturated heterocycles. The first-order chi connectivity index (χ1) is 14.1. The van der Waals surface area contributed by atoms with Crippen molar-refractivity contribution < 1.29 is 9.53 Å². The maximum Gasteiger partial charge on any atom is 0.308 e. The molecule has 156 valence electrons. The maximum absolute atomic E-state index is 12.6. The Morgan fingerprint density at radius 1 is 1.23 bits per heavy atom. The number of benzene rings is 1. The Labute approximate surface area is 184 Å². The number of carbonyl (C=O) groups is 1. The van der Waals surface area contributed by atoms with Gasteiger partial charge in [0.15, 0.2) is 5.82 Å². The van der Waals surface area contributed by atoms with Crippen LogP contribution in [-0.4, -0.2) is 32.0 Å². The van der Waals surface area contributed by atoms with E-state index in [9.17, 15) is 4.79 Å². The monoisotopic (exact) mass is 442 g/mol. The molecule has 1 aliphatic heterocycles. The highest BCUT2D eigenvalue weighted by molar-refractivity contribution is 7.15. The molecule has 2 aromatic heterocycles. The molecule has 1 aliphatic rings. The lowest BCUT2D eigenvalue weighted by atomic mass is 10.00. The number of rotatable bonds is 3. The summed E-state index contributed by atoms with van der Waals surface area (Å²) in [6, 6.07) is 7.10. The minimum Gasteiger partial charge on any atom is -0.460 e. The molecule has 0 spiro atoms. The highest BCUT2D eigenvalue weighted by Crippen LogP contribution is 2.38. The number of aromatic nitrogens is 3. The molecule has 1 aromatic carbocycles. The fourth-order valence-electron chi connectivity index (χ4n) is 3.47. The van der Waals surface area contributed by atoms with Gasteiger partial charge >= 0.3 is 5.97 Å². The van der Waals surface area contributed by atoms with E-state index in [0.717, 1.165) is 27.4 Å². The van der Waals surface area contributed by atoms with Gasteiger partial charge in [-0.1, -0.05) is 23.7 Å². The molecule has 3 heterocycles. The summed E-state index contributed by atoms with van der Waals surface area (Å²) in [5.74, 6) is 0.312. The Morgan fingerprint density at radius 3 is 2.60 bits per heavy atom. The number of carbonyl (C=O) groups excluding carboxylic acids is 1. The molecule has 0 saturated carbocycles. The van der Waals surface area contributed by atoms with Crippen LogP contribution < -0.4 is 0 Å². The van der Waals surface area contributed by atoms with E-state index < -0.39 is 11.6 Å². The zero-order valence-electron chi connectivity index (χ0n) is 17.6. The molecule has 0 amide bonds. The average Bonchev–Trinajstić information content (AvgIpc) is 3.21. The normalized spacial score (nSPS) is 15.8. The van der Waals surface area contributed by atoms with Gasteiger partial charge in [0.2, 0.25) is 0 Å². The molecule has 6 nitrogen and oxygen atoms in total. The Hall–Kier alpha value is -2.51. The fraction of sp³-hybridized carbons (Fsp3) is 0.364. The second kappa shape index (κ2) is 7.63. The summed E-state index contributed by atoms with van der Waals surface area (Å²) in [5.41, 5.74) is 3.38. The van der Waals surface area contributed by atoms with Gasteiger partial charge in [0.25, 0.3) is 0 Å². The van der Waals surface area contributed by atoms with Crippen molar-refractivity contribution in [2.24, 2.45) is 4.99 Å². The zero-order valence-corrected chi connectivity index (χ0v) is 19.1. The highest BCUT2D eigenvalue weighted by atomic mass is 35.5. The van der Waals surface area contributed by atoms with Gasteiger partial charge in [-0.2, -0.15) is 0 Å². The summed E-state index contributed by atoms with van der Waals surface area (Å²) in [5, 5.41) is 10.1. The van der Waals surface area contributed by atoms with Crippen LogP contribution in [0.2, 0.25) is 5.02 Å². The molecule has 0 fully saturated rings. The van der Waals surface area contributed by atoms with Gasteiger partial charge in [0.1, 0.15) is 23.0 Å². The van der Waals surface area contributed by atoms with Crippen molar-refractivity contribution in [3.63, 3.8) is 0 Å². The third kappa shape index (κ3) is 3.91. The summed E-state index contributed by atoms with van der Waals surface area (Å²) < 4.78 is 7.50. The lowest BCUT2D eigenvalue weighted by molar-refractivity contribution is -0.155. The van der Waals surface area contributed by atoms with E-state index in [-0.39, 0.29) is 12.4 Å². The Balaban J connectivity index is 1.87. The topological polar surface area (TPSA) is 69.4 Å². The summed E-state index contributed by atoms with van der Waals surface area (Å²) in [7, 11) is 0. The minimum atomic E-state index is -0.565. The van der Waals surface area contributed by atoms with E-state index in [1.165, 1.54) is 4.88 Å². The van der Waals surface area contributed by atoms with Gasteiger partial charge < -0.3 is 4.74 Å². The van der Waals surface area contributed by atoms with Crippen molar-refractivity contribution in [1.29, 1.82) is 0 Å². The van der Waals surface area contributed by atoms with Crippen molar-refractivity contribution in [2.45, 2.75) is 52.7 Å². The smallest absolute Gasteiger partial charge is 0.308 e. The van der Waals surface area contributed by atoms with Gasteiger partial charge in [-0.3, -0.25) is 14.4 Å². The minimum absolute atomic E-state index is 0.0834. The molecule has 0 radical (unpaired) electrons. The van der Waals surface area contributed by atoms with Crippen molar-refractivity contribution in [2.75, 3.05) is 0 Å². The van der Waals surface area contributed by atoms with Gasteiger partial charge in [-0.15, -0.1) is 21.5 Å². The van der Waals surface area contributed by atoms with E-state index in [2.05, 4.69) is 24.0 Å². The summed E-state index contributed by atoms with van der Waals surface area (Å²) in [4.78, 5) is 18.9. The van der Waals surface area contributed by atoms with Crippen LogP contribution in [0.15, 0.2) is 35.6 Å². The number of thiophene rings is 1. The van der Waals surface area contributed by atoms with E-state index in [1.54, 1.807) is 17.7 Å². The van der Waals surface area contributed by atoms with Gasteiger partial charge in [0, 0.05) is 21.0 Å². The first kappa shape index (κ1) is 20.8. The van der Waals surface area contributed by atoms with E-state index in [0.29, 0.717) is 10.8 Å². The lowest BCUT2D eigenvalue weighted by Gasteiger charge is -2.20. The van der Waals surface area contributed by atoms with Crippen LogP contribution in [0, 0.1) is 13.8 Å². The van der Waals surface area contributed by atoms with E-state index in [4.69, 9.17) is 21.3 Å². The highest BCUT2D eigenvalue weighted by Gasteiger charge is 2.32. The number of halogens is 1. The van der Waals surface area contributed by atoms with E-state index >= 15 is 0 Å². The third-order valence-electron chi connectivity index (χ3n) is 4.88. The number of fused-ring (bicyclic) bond motifs is 3. The van der Waals surface area contributed by atoms with Gasteiger partial charge in [-0.25, -0.2) is 0 Å². The van der Waals surface area contributed by atoms with Gasteiger partial charge in [0.05, 0.1) is 12.1 Å². The molecule has 4 rings (SSSR count). The SMILES string of the molecule is Cc1sc2c(c1C)C(c1ccc(Cl)cc1)=N[C@@H](CC(=O)OC(C)(C)C)c1nncn1-2. The third-order valence-corrected chi connectivity index (χ3v) is 6.34. The summed E-state index contributed by atoms with van der Waals surface area (Å²) >= 11 is 7.78. The predicted molar refractivity (Wildman–Crippen MR) is 119 cm³/mol. The number of aliphatic imine (C=N–C) groups is 1. The number of ether oxygens (including phenoxy) is 1. The van der Waals surface area contributed by atoms with Gasteiger partial charge in [-0.05, 0) is 52.3 Å².